The number of carbonyl (C=O) groups is 2. The lowest BCUT2D eigenvalue weighted by Crippen LogP contribution is -2.15. The maximum Gasteiger partial charge on any atom is 0.341 e. The first-order valence-corrected chi connectivity index (χ1v) is 10.8. The van der Waals surface area contributed by atoms with Crippen molar-refractivity contribution in [2.75, 3.05) is 11.9 Å². The van der Waals surface area contributed by atoms with Gasteiger partial charge in [0, 0.05) is 4.88 Å². The van der Waals surface area contributed by atoms with Gasteiger partial charge in [-0.25, -0.2) is 4.79 Å². The monoisotopic (exact) mass is 431 g/mol. The van der Waals surface area contributed by atoms with Gasteiger partial charge in [0.2, 0.25) is 0 Å². The molecule has 6 heteroatoms. The molecule has 1 N–H and O–H groups in total. The zero-order chi connectivity index (χ0) is 21.6. The van der Waals surface area contributed by atoms with E-state index in [-0.39, 0.29) is 12.4 Å². The van der Waals surface area contributed by atoms with E-state index >= 15 is 0 Å². The highest BCUT2D eigenvalue weighted by Gasteiger charge is 2.27. The van der Waals surface area contributed by atoms with Gasteiger partial charge in [-0.05, 0) is 42.2 Å². The Balaban J connectivity index is 1.85. The second kappa shape index (κ2) is 9.45. The molecule has 5 nitrogen and oxygen atoms in total. The molecule has 0 aliphatic heterocycles. The Kier molecular flexibility index (Phi) is 6.29. The first-order valence-electron chi connectivity index (χ1n) is 9.94. The summed E-state index contributed by atoms with van der Waals surface area (Å²) in [5, 5.41) is 3.30. The third kappa shape index (κ3) is 4.59. The maximum absolute atomic E-state index is 13.0. The Labute approximate surface area is 184 Å². The molecule has 0 saturated carbocycles. The van der Waals surface area contributed by atoms with Crippen molar-refractivity contribution in [3.63, 3.8) is 0 Å². The highest BCUT2D eigenvalue weighted by atomic mass is 32.1. The van der Waals surface area contributed by atoms with Gasteiger partial charge >= 0.3 is 5.97 Å². The number of ether oxygens (including phenoxy) is 1. The molecule has 0 saturated heterocycles. The molecule has 2 aromatic heterocycles. The minimum Gasteiger partial charge on any atom is -0.462 e. The van der Waals surface area contributed by atoms with Gasteiger partial charge in [0.05, 0.1) is 18.4 Å². The van der Waals surface area contributed by atoms with E-state index in [1.807, 2.05) is 60.7 Å². The fourth-order valence-corrected chi connectivity index (χ4v) is 4.54. The van der Waals surface area contributed by atoms with Crippen molar-refractivity contribution < 1.29 is 18.7 Å². The number of benzene rings is 2. The summed E-state index contributed by atoms with van der Waals surface area (Å²) in [5.41, 5.74) is 3.25. The molecule has 0 unspecified atom stereocenters. The molecule has 0 aliphatic rings. The van der Waals surface area contributed by atoms with Crippen LogP contribution in [0.15, 0.2) is 83.5 Å². The highest BCUT2D eigenvalue weighted by Crippen LogP contribution is 2.42. The minimum absolute atomic E-state index is 0.175. The van der Waals surface area contributed by atoms with Gasteiger partial charge in [0.15, 0.2) is 5.76 Å². The SMILES string of the molecule is CCOC(=O)c1c(NC(=O)c2ccco2)sc(-c2ccccc2)c1Cc1ccccc1. The molecule has 31 heavy (non-hydrogen) atoms. The molecule has 4 aromatic rings. The quantitative estimate of drug-likeness (QED) is 0.363. The third-order valence-electron chi connectivity index (χ3n) is 4.72. The van der Waals surface area contributed by atoms with Crippen molar-refractivity contribution in [3.8, 4) is 10.4 Å². The lowest BCUT2D eigenvalue weighted by Gasteiger charge is -2.09. The normalized spacial score (nSPS) is 10.6. The third-order valence-corrected chi connectivity index (χ3v) is 5.91. The molecule has 0 bridgehead atoms. The van der Waals surface area contributed by atoms with Crippen LogP contribution in [0, 0.1) is 0 Å². The van der Waals surface area contributed by atoms with Crippen LogP contribution in [0.25, 0.3) is 10.4 Å². The van der Waals surface area contributed by atoms with Gasteiger partial charge in [-0.2, -0.15) is 0 Å². The molecule has 0 atom stereocenters. The molecular formula is C25H21NO4S. The first-order chi connectivity index (χ1) is 15.2. The van der Waals surface area contributed by atoms with Gasteiger partial charge < -0.3 is 14.5 Å². The first kappa shape index (κ1) is 20.6. The summed E-state index contributed by atoms with van der Waals surface area (Å²) in [6, 6.07) is 23.0. The van der Waals surface area contributed by atoms with Gasteiger partial charge in [0.25, 0.3) is 5.91 Å². The minimum atomic E-state index is -0.457. The molecule has 0 fully saturated rings. The van der Waals surface area contributed by atoms with Crippen molar-refractivity contribution >= 4 is 28.2 Å². The van der Waals surface area contributed by atoms with Crippen LogP contribution >= 0.6 is 11.3 Å². The summed E-state index contributed by atoms with van der Waals surface area (Å²) in [5.74, 6) is -0.696. The standard InChI is InChI=1S/C25H21NO4S/c1-2-29-25(28)21-19(16-17-10-5-3-6-11-17)22(18-12-7-4-8-13-18)31-24(21)26-23(27)20-14-9-15-30-20/h3-15H,2,16H2,1H3,(H,26,27). The van der Waals surface area contributed by atoms with E-state index in [1.165, 1.54) is 17.6 Å². The predicted octanol–water partition coefficient (Wildman–Crippen LogP) is 6.03. The summed E-state index contributed by atoms with van der Waals surface area (Å²) in [6.07, 6.45) is 1.97. The Morgan fingerprint density at radius 1 is 0.968 bits per heavy atom. The Morgan fingerprint density at radius 2 is 1.68 bits per heavy atom. The average molecular weight is 432 g/mol. The molecule has 0 radical (unpaired) electrons. The number of hydrogen-bond donors (Lipinski definition) is 1. The van der Waals surface area contributed by atoms with Gasteiger partial charge in [-0.1, -0.05) is 60.7 Å². The predicted molar refractivity (Wildman–Crippen MR) is 122 cm³/mol. The molecule has 156 valence electrons. The average Bonchev–Trinajstić information content (AvgIpc) is 3.44. The van der Waals surface area contributed by atoms with Crippen LogP contribution in [0.5, 0.6) is 0 Å². The summed E-state index contributed by atoms with van der Waals surface area (Å²) in [6.45, 7) is 2.01. The second-order valence-corrected chi connectivity index (χ2v) is 7.81. The molecular weight excluding hydrogens is 410 g/mol. The van der Waals surface area contributed by atoms with E-state index in [9.17, 15) is 9.59 Å². The number of amides is 1. The fourth-order valence-electron chi connectivity index (χ4n) is 3.34. The lowest BCUT2D eigenvalue weighted by atomic mass is 9.98. The van der Waals surface area contributed by atoms with Crippen LogP contribution < -0.4 is 5.32 Å². The topological polar surface area (TPSA) is 68.5 Å². The van der Waals surface area contributed by atoms with E-state index in [0.29, 0.717) is 17.0 Å². The Hall–Kier alpha value is -3.64. The van der Waals surface area contributed by atoms with Crippen LogP contribution in [-0.2, 0) is 11.2 Å². The summed E-state index contributed by atoms with van der Waals surface area (Å²) < 4.78 is 10.6. The second-order valence-electron chi connectivity index (χ2n) is 6.79. The van der Waals surface area contributed by atoms with E-state index in [4.69, 9.17) is 9.15 Å². The van der Waals surface area contributed by atoms with E-state index in [2.05, 4.69) is 5.32 Å². The zero-order valence-corrected chi connectivity index (χ0v) is 17.8. The van der Waals surface area contributed by atoms with Crippen molar-refractivity contribution in [1.82, 2.24) is 0 Å². The molecule has 1 amide bonds. The van der Waals surface area contributed by atoms with Gasteiger partial charge in [-0.3, -0.25) is 4.79 Å². The highest BCUT2D eigenvalue weighted by molar-refractivity contribution is 7.20. The van der Waals surface area contributed by atoms with Crippen molar-refractivity contribution in [1.29, 1.82) is 0 Å². The van der Waals surface area contributed by atoms with Crippen molar-refractivity contribution in [2.24, 2.45) is 0 Å². The number of hydrogen-bond acceptors (Lipinski definition) is 5. The van der Waals surface area contributed by atoms with Crippen LogP contribution in [0.4, 0.5) is 5.00 Å². The maximum atomic E-state index is 13.0. The summed E-state index contributed by atoms with van der Waals surface area (Å²) in [4.78, 5) is 26.6. The number of anilines is 1. The van der Waals surface area contributed by atoms with Gasteiger partial charge in [-0.15, -0.1) is 11.3 Å². The Morgan fingerprint density at radius 3 is 2.32 bits per heavy atom. The van der Waals surface area contributed by atoms with Crippen LogP contribution in [0.3, 0.4) is 0 Å². The number of thiophene rings is 1. The number of nitrogens with one attached hydrogen (secondary N) is 1. The van der Waals surface area contributed by atoms with Crippen molar-refractivity contribution in [2.45, 2.75) is 13.3 Å². The van der Waals surface area contributed by atoms with E-state index in [0.717, 1.165) is 21.6 Å². The van der Waals surface area contributed by atoms with Crippen LogP contribution in [0.2, 0.25) is 0 Å². The Bertz CT molecular complexity index is 1170. The molecule has 4 rings (SSSR count). The largest absolute Gasteiger partial charge is 0.462 e. The van der Waals surface area contributed by atoms with E-state index in [1.54, 1.807) is 19.1 Å². The summed E-state index contributed by atoms with van der Waals surface area (Å²) in [7, 11) is 0. The lowest BCUT2D eigenvalue weighted by molar-refractivity contribution is 0.0527. The smallest absolute Gasteiger partial charge is 0.341 e. The molecule has 2 aromatic carbocycles. The molecule has 2 heterocycles. The number of carbonyl (C=O) groups excluding carboxylic acids is 2. The van der Waals surface area contributed by atoms with E-state index < -0.39 is 11.9 Å². The molecule has 0 aliphatic carbocycles. The van der Waals surface area contributed by atoms with Crippen LogP contribution in [-0.4, -0.2) is 18.5 Å². The van der Waals surface area contributed by atoms with Gasteiger partial charge in [0.1, 0.15) is 5.00 Å². The van der Waals surface area contributed by atoms with Crippen molar-refractivity contribution in [3.05, 3.63) is 102 Å². The fraction of sp³-hybridized carbons (Fsp3) is 0.120. The molecule has 0 spiro atoms. The number of rotatable bonds is 7. The zero-order valence-electron chi connectivity index (χ0n) is 17.0. The van der Waals surface area contributed by atoms with Crippen LogP contribution in [0.1, 0.15) is 39.0 Å². The number of esters is 1. The number of furan rings is 1. The summed E-state index contributed by atoms with van der Waals surface area (Å²) >= 11 is 1.36.